The maximum Gasteiger partial charge on any atom is 0.228 e. The Balaban J connectivity index is 1.65. The molecule has 7 heteroatoms. The Morgan fingerprint density at radius 2 is 2.29 bits per heavy atom. The normalized spacial score (nSPS) is 23.9. The van der Waals surface area contributed by atoms with Gasteiger partial charge in [-0.3, -0.25) is 4.79 Å². The second kappa shape index (κ2) is 6.02. The molecule has 1 aliphatic carbocycles. The minimum absolute atomic E-state index is 0.0397. The van der Waals surface area contributed by atoms with Crippen molar-refractivity contribution in [3.8, 4) is 6.07 Å². The zero-order valence-corrected chi connectivity index (χ0v) is 14.3. The first-order chi connectivity index (χ1) is 11.7. The van der Waals surface area contributed by atoms with Crippen LogP contribution in [0.25, 0.3) is 10.2 Å². The van der Waals surface area contributed by atoms with Crippen molar-refractivity contribution in [1.82, 2.24) is 9.97 Å². The minimum atomic E-state index is 0.0397. The lowest BCUT2D eigenvalue weighted by Crippen LogP contribution is -2.42. The Kier molecular flexibility index (Phi) is 3.85. The molecule has 4 rings (SSSR count). The van der Waals surface area contributed by atoms with Crippen molar-refractivity contribution in [2.45, 2.75) is 38.6 Å². The van der Waals surface area contributed by atoms with Crippen LogP contribution in [0.15, 0.2) is 12.3 Å². The summed E-state index contributed by atoms with van der Waals surface area (Å²) in [5, 5.41) is 13.2. The largest absolute Gasteiger partial charge is 0.344 e. The highest BCUT2D eigenvalue weighted by molar-refractivity contribution is 7.22. The highest BCUT2D eigenvalue weighted by atomic mass is 32.1. The number of anilines is 2. The smallest absolute Gasteiger partial charge is 0.228 e. The number of thiazole rings is 1. The summed E-state index contributed by atoms with van der Waals surface area (Å²) in [6.07, 6.45) is 5.57. The van der Waals surface area contributed by atoms with Gasteiger partial charge in [-0.15, -0.1) is 0 Å². The highest BCUT2D eigenvalue weighted by Crippen LogP contribution is 2.37. The molecule has 0 aromatic carbocycles. The number of nitriles is 1. The van der Waals surface area contributed by atoms with Gasteiger partial charge in [0.15, 0.2) is 10.9 Å². The first-order valence-corrected chi connectivity index (χ1v) is 9.21. The standard InChI is InChI=1S/C17H19N5OS/c1-10-12(9-18)3-2-8-22(10)17-20-13-6-7-19-15(14(13)24-17)21-16(23)11-4-5-11/h6-7,10-12H,2-5,8H2,1H3,(H,19,21,23)/t10-,12+/m1/s1. The first-order valence-electron chi connectivity index (χ1n) is 8.40. The van der Waals surface area contributed by atoms with E-state index in [1.165, 1.54) is 0 Å². The van der Waals surface area contributed by atoms with Gasteiger partial charge in [-0.25, -0.2) is 9.97 Å². The number of rotatable bonds is 3. The van der Waals surface area contributed by atoms with Crippen LogP contribution in [0.2, 0.25) is 0 Å². The summed E-state index contributed by atoms with van der Waals surface area (Å²) in [5.74, 6) is 0.848. The Bertz CT molecular complexity index is 822. The van der Waals surface area contributed by atoms with E-state index in [1.54, 1.807) is 17.5 Å². The SMILES string of the molecule is C[C@@H]1[C@H](C#N)CCCN1c1nc2ccnc(NC(=O)C3CC3)c2s1. The van der Waals surface area contributed by atoms with Crippen LogP contribution in [-0.2, 0) is 4.79 Å². The van der Waals surface area contributed by atoms with Crippen molar-refractivity contribution >= 4 is 38.4 Å². The average Bonchev–Trinajstić information content (AvgIpc) is 3.35. The monoisotopic (exact) mass is 341 g/mol. The zero-order valence-electron chi connectivity index (χ0n) is 13.5. The third kappa shape index (κ3) is 2.71. The van der Waals surface area contributed by atoms with E-state index in [9.17, 15) is 10.1 Å². The number of nitrogens with zero attached hydrogens (tertiary/aromatic N) is 4. The quantitative estimate of drug-likeness (QED) is 0.927. The number of hydrogen-bond acceptors (Lipinski definition) is 6. The molecule has 1 N–H and O–H groups in total. The van der Waals surface area contributed by atoms with E-state index in [1.807, 2.05) is 6.07 Å². The second-order valence-corrected chi connectivity index (χ2v) is 7.56. The van der Waals surface area contributed by atoms with E-state index in [0.29, 0.717) is 5.82 Å². The fourth-order valence-corrected chi connectivity index (χ4v) is 4.33. The average molecular weight is 341 g/mol. The molecule has 6 nitrogen and oxygen atoms in total. The van der Waals surface area contributed by atoms with Crippen LogP contribution in [0.4, 0.5) is 10.9 Å². The lowest BCUT2D eigenvalue weighted by Gasteiger charge is -2.36. The van der Waals surface area contributed by atoms with Crippen LogP contribution in [0.3, 0.4) is 0 Å². The molecule has 2 aromatic heterocycles. The topological polar surface area (TPSA) is 81.9 Å². The summed E-state index contributed by atoms with van der Waals surface area (Å²) in [4.78, 5) is 23.3. The van der Waals surface area contributed by atoms with Crippen LogP contribution < -0.4 is 10.2 Å². The molecule has 3 heterocycles. The first kappa shape index (κ1) is 15.3. The van der Waals surface area contributed by atoms with Gasteiger partial charge in [0.25, 0.3) is 0 Å². The van der Waals surface area contributed by atoms with E-state index in [4.69, 9.17) is 4.98 Å². The van der Waals surface area contributed by atoms with Gasteiger partial charge in [0, 0.05) is 24.7 Å². The predicted octanol–water partition coefficient (Wildman–Crippen LogP) is 3.17. The van der Waals surface area contributed by atoms with E-state index >= 15 is 0 Å². The summed E-state index contributed by atoms with van der Waals surface area (Å²) in [5.41, 5.74) is 0.849. The molecule has 0 unspecified atom stereocenters. The van der Waals surface area contributed by atoms with Gasteiger partial charge < -0.3 is 10.2 Å². The van der Waals surface area contributed by atoms with Crippen molar-refractivity contribution in [2.75, 3.05) is 16.8 Å². The summed E-state index contributed by atoms with van der Waals surface area (Å²) in [7, 11) is 0. The lowest BCUT2D eigenvalue weighted by molar-refractivity contribution is -0.117. The van der Waals surface area contributed by atoms with Gasteiger partial charge in [0.05, 0.1) is 22.2 Å². The number of hydrogen-bond donors (Lipinski definition) is 1. The maximum absolute atomic E-state index is 12.0. The molecule has 2 atom stereocenters. The van der Waals surface area contributed by atoms with Crippen molar-refractivity contribution in [3.05, 3.63) is 12.3 Å². The van der Waals surface area contributed by atoms with Crippen molar-refractivity contribution < 1.29 is 4.79 Å². The third-order valence-electron chi connectivity index (χ3n) is 4.88. The molecule has 2 fully saturated rings. The number of carbonyl (C=O) groups excluding carboxylic acids is 1. The van der Waals surface area contributed by atoms with Crippen LogP contribution in [0.1, 0.15) is 32.6 Å². The molecule has 1 saturated carbocycles. The molecule has 0 radical (unpaired) electrons. The fraction of sp³-hybridized carbons (Fsp3) is 0.529. The van der Waals surface area contributed by atoms with Crippen molar-refractivity contribution in [3.63, 3.8) is 0 Å². The third-order valence-corrected chi connectivity index (χ3v) is 6.00. The van der Waals surface area contributed by atoms with Gasteiger partial charge in [-0.2, -0.15) is 5.26 Å². The fourth-order valence-electron chi connectivity index (χ4n) is 3.21. The van der Waals surface area contributed by atoms with E-state index in [0.717, 1.165) is 47.6 Å². The number of aromatic nitrogens is 2. The summed E-state index contributed by atoms with van der Waals surface area (Å²) in [6.45, 7) is 3.00. The van der Waals surface area contributed by atoms with Gasteiger partial charge in [0.2, 0.25) is 5.91 Å². The lowest BCUT2D eigenvalue weighted by atomic mass is 9.92. The molecule has 24 heavy (non-hydrogen) atoms. The van der Waals surface area contributed by atoms with Crippen molar-refractivity contribution in [1.29, 1.82) is 5.26 Å². The maximum atomic E-state index is 12.0. The van der Waals surface area contributed by atoms with Crippen LogP contribution in [-0.4, -0.2) is 28.5 Å². The molecule has 0 spiro atoms. The van der Waals surface area contributed by atoms with Crippen LogP contribution in [0.5, 0.6) is 0 Å². The molecule has 1 aliphatic heterocycles. The summed E-state index contributed by atoms with van der Waals surface area (Å²) >= 11 is 1.55. The molecule has 1 amide bonds. The van der Waals surface area contributed by atoms with Gasteiger partial charge >= 0.3 is 0 Å². The highest BCUT2D eigenvalue weighted by Gasteiger charge is 2.32. The van der Waals surface area contributed by atoms with E-state index in [2.05, 4.69) is 28.2 Å². The number of pyridine rings is 1. The van der Waals surface area contributed by atoms with Gasteiger partial charge in [-0.1, -0.05) is 11.3 Å². The Labute approximate surface area is 144 Å². The number of nitrogens with one attached hydrogen (secondary N) is 1. The molecular formula is C17H19N5OS. The minimum Gasteiger partial charge on any atom is -0.344 e. The summed E-state index contributed by atoms with van der Waals surface area (Å²) < 4.78 is 0.910. The Morgan fingerprint density at radius 1 is 1.46 bits per heavy atom. The number of piperidine rings is 1. The van der Waals surface area contributed by atoms with Crippen molar-refractivity contribution in [2.24, 2.45) is 11.8 Å². The molecule has 2 aromatic rings. The Morgan fingerprint density at radius 3 is 3.04 bits per heavy atom. The van der Waals surface area contributed by atoms with Crippen LogP contribution in [0, 0.1) is 23.2 Å². The van der Waals surface area contributed by atoms with Gasteiger partial charge in [-0.05, 0) is 38.7 Å². The Hall–Kier alpha value is -2.20. The molecule has 124 valence electrons. The predicted molar refractivity (Wildman–Crippen MR) is 93.9 cm³/mol. The molecule has 2 aliphatic rings. The zero-order chi connectivity index (χ0) is 16.7. The van der Waals surface area contributed by atoms with E-state index in [-0.39, 0.29) is 23.8 Å². The van der Waals surface area contributed by atoms with E-state index < -0.39 is 0 Å². The number of carbonyl (C=O) groups is 1. The second-order valence-electron chi connectivity index (χ2n) is 6.58. The van der Waals surface area contributed by atoms with Crippen LogP contribution >= 0.6 is 11.3 Å². The summed E-state index contributed by atoms with van der Waals surface area (Å²) in [6, 6.07) is 4.44. The number of fused-ring (bicyclic) bond motifs is 1. The molecule has 0 bridgehead atoms. The molecule has 1 saturated heterocycles. The molecular weight excluding hydrogens is 322 g/mol. The van der Waals surface area contributed by atoms with Gasteiger partial charge in [0.1, 0.15) is 0 Å². The number of amides is 1.